The molecule has 0 radical (unpaired) electrons. The van der Waals surface area contributed by atoms with Crippen LogP contribution in [0, 0.1) is 11.8 Å². The zero-order valence-electron chi connectivity index (χ0n) is 16.1. The van der Waals surface area contributed by atoms with E-state index in [1.807, 2.05) is 20.8 Å². The quantitative estimate of drug-likeness (QED) is 0.428. The van der Waals surface area contributed by atoms with Crippen molar-refractivity contribution in [1.82, 2.24) is 0 Å². The molecule has 6 heteroatoms. The highest BCUT2D eigenvalue weighted by Gasteiger charge is 2.37. The molecule has 27 heavy (non-hydrogen) atoms. The number of hydrogen-bond donors (Lipinski definition) is 2. The lowest BCUT2D eigenvalue weighted by Gasteiger charge is -2.29. The number of aliphatic carboxylic acids is 1. The molecular formula is C21H27NO5. The Balaban J connectivity index is 2.02. The Labute approximate surface area is 159 Å². The van der Waals surface area contributed by atoms with E-state index in [0.29, 0.717) is 30.7 Å². The van der Waals surface area contributed by atoms with Crippen molar-refractivity contribution in [2.24, 2.45) is 11.8 Å². The van der Waals surface area contributed by atoms with E-state index in [-0.39, 0.29) is 5.91 Å². The van der Waals surface area contributed by atoms with Gasteiger partial charge in [-0.2, -0.15) is 0 Å². The molecular weight excluding hydrogens is 346 g/mol. The van der Waals surface area contributed by atoms with Gasteiger partial charge in [0.05, 0.1) is 24.0 Å². The molecule has 1 amide bonds. The van der Waals surface area contributed by atoms with Crippen molar-refractivity contribution in [2.75, 3.05) is 11.9 Å². The fourth-order valence-electron chi connectivity index (χ4n) is 3.14. The van der Waals surface area contributed by atoms with Crippen molar-refractivity contribution in [3.63, 3.8) is 0 Å². The first kappa shape index (κ1) is 20.7. The van der Waals surface area contributed by atoms with Gasteiger partial charge in [-0.25, -0.2) is 4.79 Å². The number of carbonyl (C=O) groups excluding carboxylic acids is 2. The van der Waals surface area contributed by atoms with Gasteiger partial charge in [-0.1, -0.05) is 24.5 Å². The molecule has 1 aliphatic rings. The topological polar surface area (TPSA) is 92.7 Å². The van der Waals surface area contributed by atoms with Crippen molar-refractivity contribution in [1.29, 1.82) is 0 Å². The molecule has 0 aliphatic heterocycles. The number of amides is 1. The molecule has 1 aromatic carbocycles. The number of carboxylic acid groups (broad SMARTS) is 1. The van der Waals surface area contributed by atoms with Crippen molar-refractivity contribution in [3.05, 3.63) is 41.0 Å². The van der Waals surface area contributed by atoms with Gasteiger partial charge in [0.1, 0.15) is 0 Å². The van der Waals surface area contributed by atoms with Crippen LogP contribution in [0.15, 0.2) is 35.4 Å². The van der Waals surface area contributed by atoms with E-state index in [0.717, 1.165) is 24.0 Å². The van der Waals surface area contributed by atoms with Crippen LogP contribution in [0.2, 0.25) is 0 Å². The zero-order chi connectivity index (χ0) is 20.0. The fourth-order valence-corrected chi connectivity index (χ4v) is 3.14. The number of anilines is 1. The van der Waals surface area contributed by atoms with Crippen LogP contribution in [-0.4, -0.2) is 29.6 Å². The minimum Gasteiger partial charge on any atom is -0.481 e. The molecule has 146 valence electrons. The zero-order valence-corrected chi connectivity index (χ0v) is 16.1. The van der Waals surface area contributed by atoms with E-state index in [2.05, 4.69) is 5.32 Å². The summed E-state index contributed by atoms with van der Waals surface area (Å²) in [5.74, 6) is -2.98. The number of unbranched alkanes of at least 4 members (excludes halogenated alkanes) is 1. The second-order valence-electron chi connectivity index (χ2n) is 7.08. The summed E-state index contributed by atoms with van der Waals surface area (Å²) in [4.78, 5) is 36.1. The summed E-state index contributed by atoms with van der Waals surface area (Å²) < 4.78 is 5.15. The largest absolute Gasteiger partial charge is 0.481 e. The van der Waals surface area contributed by atoms with Crippen LogP contribution < -0.4 is 5.32 Å². The smallest absolute Gasteiger partial charge is 0.338 e. The normalized spacial score (nSPS) is 19.5. The maximum atomic E-state index is 12.6. The standard InChI is InChI=1S/C21H27NO5/c1-4-5-10-27-21(26)15-6-8-16(9-7-15)22-19(23)17-11-13(2)14(3)12-18(17)20(24)25/h6-9,17-18H,4-5,10-12H2,1-3H3,(H,22,23)(H,24,25)/t17-,18+/m0/s1. The molecule has 0 spiro atoms. The molecule has 2 N–H and O–H groups in total. The average molecular weight is 373 g/mol. The molecule has 0 aromatic heterocycles. The van der Waals surface area contributed by atoms with E-state index >= 15 is 0 Å². The van der Waals surface area contributed by atoms with Crippen LogP contribution in [0.4, 0.5) is 5.69 Å². The van der Waals surface area contributed by atoms with Gasteiger partial charge in [-0.05, 0) is 57.4 Å². The van der Waals surface area contributed by atoms with Crippen LogP contribution in [0.3, 0.4) is 0 Å². The lowest BCUT2D eigenvalue weighted by atomic mass is 9.76. The van der Waals surface area contributed by atoms with Gasteiger partial charge in [-0.15, -0.1) is 0 Å². The number of hydrogen-bond acceptors (Lipinski definition) is 4. The molecule has 0 unspecified atom stereocenters. The van der Waals surface area contributed by atoms with Gasteiger partial charge >= 0.3 is 11.9 Å². The van der Waals surface area contributed by atoms with E-state index in [1.54, 1.807) is 24.3 Å². The van der Waals surface area contributed by atoms with Gasteiger partial charge in [0.2, 0.25) is 5.91 Å². The van der Waals surface area contributed by atoms with E-state index in [4.69, 9.17) is 4.74 Å². The van der Waals surface area contributed by atoms with Gasteiger partial charge in [0, 0.05) is 5.69 Å². The molecule has 1 aromatic rings. The van der Waals surface area contributed by atoms with E-state index in [1.165, 1.54) is 0 Å². The first-order valence-corrected chi connectivity index (χ1v) is 9.29. The minimum atomic E-state index is -0.952. The molecule has 6 nitrogen and oxygen atoms in total. The fraction of sp³-hybridized carbons (Fsp3) is 0.476. The predicted octanol–water partition coefficient (Wildman–Crippen LogP) is 4.03. The summed E-state index contributed by atoms with van der Waals surface area (Å²) in [6, 6.07) is 6.44. The number of rotatable bonds is 7. The highest BCUT2D eigenvalue weighted by atomic mass is 16.5. The second kappa shape index (κ2) is 9.35. The van der Waals surface area contributed by atoms with Gasteiger partial charge < -0.3 is 15.2 Å². The van der Waals surface area contributed by atoms with Crippen LogP contribution in [0.25, 0.3) is 0 Å². The Hall–Kier alpha value is -2.63. The maximum Gasteiger partial charge on any atom is 0.338 e. The van der Waals surface area contributed by atoms with Gasteiger partial charge in [0.15, 0.2) is 0 Å². The number of esters is 1. The molecule has 2 atom stereocenters. The van der Waals surface area contributed by atoms with Crippen LogP contribution in [-0.2, 0) is 14.3 Å². The third kappa shape index (κ3) is 5.42. The Morgan fingerprint density at radius 1 is 1.07 bits per heavy atom. The SMILES string of the molecule is CCCCOC(=O)c1ccc(NC(=O)[C@H]2CC(C)=C(C)C[C@H]2C(=O)O)cc1. The number of allylic oxidation sites excluding steroid dienone is 2. The summed E-state index contributed by atoms with van der Waals surface area (Å²) in [5.41, 5.74) is 3.05. The van der Waals surface area contributed by atoms with Crippen molar-refractivity contribution >= 4 is 23.5 Å². The monoisotopic (exact) mass is 373 g/mol. The first-order chi connectivity index (χ1) is 12.8. The number of carboxylic acids is 1. The Morgan fingerprint density at radius 3 is 2.22 bits per heavy atom. The Kier molecular flexibility index (Phi) is 7.16. The lowest BCUT2D eigenvalue weighted by molar-refractivity contribution is -0.146. The second-order valence-corrected chi connectivity index (χ2v) is 7.08. The summed E-state index contributed by atoms with van der Waals surface area (Å²) in [6.07, 6.45) is 2.60. The summed E-state index contributed by atoms with van der Waals surface area (Å²) in [7, 11) is 0. The number of nitrogens with one attached hydrogen (secondary N) is 1. The van der Waals surface area contributed by atoms with Crippen LogP contribution in [0.5, 0.6) is 0 Å². The highest BCUT2D eigenvalue weighted by Crippen LogP contribution is 2.35. The van der Waals surface area contributed by atoms with Crippen molar-refractivity contribution in [2.45, 2.75) is 46.5 Å². The number of ether oxygens (including phenoxy) is 1. The van der Waals surface area contributed by atoms with Crippen LogP contribution in [0.1, 0.15) is 56.8 Å². The molecule has 1 aliphatic carbocycles. The average Bonchev–Trinajstić information content (AvgIpc) is 2.64. The molecule has 0 bridgehead atoms. The first-order valence-electron chi connectivity index (χ1n) is 9.29. The molecule has 0 fully saturated rings. The Bertz CT molecular complexity index is 735. The number of carbonyl (C=O) groups is 3. The van der Waals surface area contributed by atoms with Gasteiger partial charge in [-0.3, -0.25) is 9.59 Å². The van der Waals surface area contributed by atoms with E-state index < -0.39 is 23.8 Å². The molecule has 0 heterocycles. The molecule has 0 saturated heterocycles. The van der Waals surface area contributed by atoms with Crippen molar-refractivity contribution < 1.29 is 24.2 Å². The maximum absolute atomic E-state index is 12.6. The third-order valence-electron chi connectivity index (χ3n) is 5.04. The van der Waals surface area contributed by atoms with Gasteiger partial charge in [0.25, 0.3) is 0 Å². The summed E-state index contributed by atoms with van der Waals surface area (Å²) in [6.45, 7) is 6.26. The Morgan fingerprint density at radius 2 is 1.67 bits per heavy atom. The highest BCUT2D eigenvalue weighted by molar-refractivity contribution is 5.96. The molecule has 2 rings (SSSR count). The minimum absolute atomic E-state index is 0.312. The third-order valence-corrected chi connectivity index (χ3v) is 5.04. The lowest BCUT2D eigenvalue weighted by Crippen LogP contribution is -2.36. The van der Waals surface area contributed by atoms with Crippen LogP contribution >= 0.6 is 0 Å². The number of benzene rings is 1. The van der Waals surface area contributed by atoms with Crippen molar-refractivity contribution in [3.8, 4) is 0 Å². The summed E-state index contributed by atoms with van der Waals surface area (Å²) in [5, 5.41) is 12.2. The summed E-state index contributed by atoms with van der Waals surface area (Å²) >= 11 is 0. The molecule has 0 saturated carbocycles. The van der Waals surface area contributed by atoms with E-state index in [9.17, 15) is 19.5 Å². The predicted molar refractivity (Wildman–Crippen MR) is 102 cm³/mol.